The van der Waals surface area contributed by atoms with Crippen molar-refractivity contribution in [2.45, 2.75) is 71.3 Å². The normalized spacial score (nSPS) is 28.5. The Bertz CT molecular complexity index is 453. The van der Waals surface area contributed by atoms with Crippen LogP contribution in [0.25, 0.3) is 0 Å². The van der Waals surface area contributed by atoms with Crippen molar-refractivity contribution in [3.05, 3.63) is 35.4 Å². The second kappa shape index (κ2) is 6.12. The van der Waals surface area contributed by atoms with Crippen LogP contribution in [0.2, 0.25) is 0 Å². The van der Waals surface area contributed by atoms with Crippen molar-refractivity contribution in [2.24, 2.45) is 11.3 Å². The summed E-state index contributed by atoms with van der Waals surface area (Å²) in [6.45, 7) is 8.36. The number of rotatable bonds is 5. The molecule has 0 amide bonds. The van der Waals surface area contributed by atoms with Gasteiger partial charge in [0.1, 0.15) is 0 Å². The molecular formula is C20H31N. The van der Waals surface area contributed by atoms with Crippen LogP contribution in [-0.4, -0.2) is 12.6 Å². The highest BCUT2D eigenvalue weighted by atomic mass is 14.9. The molecule has 3 rings (SSSR count). The van der Waals surface area contributed by atoms with Gasteiger partial charge in [-0.05, 0) is 73.4 Å². The van der Waals surface area contributed by atoms with Crippen molar-refractivity contribution >= 4 is 0 Å². The third kappa shape index (κ3) is 3.88. The number of nitrogens with one attached hydrogen (secondary N) is 1. The summed E-state index contributed by atoms with van der Waals surface area (Å²) in [5.41, 5.74) is 3.54. The molecule has 0 aliphatic heterocycles. The maximum absolute atomic E-state index is 3.78. The minimum absolute atomic E-state index is 0.504. The van der Waals surface area contributed by atoms with E-state index in [0.29, 0.717) is 5.41 Å². The average Bonchev–Trinajstić information content (AvgIpc) is 3.30. The van der Waals surface area contributed by atoms with Gasteiger partial charge in [0, 0.05) is 6.04 Å². The molecule has 21 heavy (non-hydrogen) atoms. The fraction of sp³-hybridized carbons (Fsp3) is 0.700. The zero-order valence-corrected chi connectivity index (χ0v) is 14.0. The van der Waals surface area contributed by atoms with E-state index in [2.05, 4.69) is 50.4 Å². The smallest absolute Gasteiger partial charge is 0.00683 e. The predicted molar refractivity (Wildman–Crippen MR) is 90.7 cm³/mol. The zero-order chi connectivity index (χ0) is 14.9. The van der Waals surface area contributed by atoms with Crippen molar-refractivity contribution < 1.29 is 0 Å². The molecule has 0 aromatic heterocycles. The molecule has 2 atom stereocenters. The van der Waals surface area contributed by atoms with Gasteiger partial charge in [0.05, 0.1) is 0 Å². The van der Waals surface area contributed by atoms with Gasteiger partial charge in [0.2, 0.25) is 0 Å². The van der Waals surface area contributed by atoms with Gasteiger partial charge in [-0.2, -0.15) is 0 Å². The summed E-state index contributed by atoms with van der Waals surface area (Å²) >= 11 is 0. The monoisotopic (exact) mass is 285 g/mol. The van der Waals surface area contributed by atoms with E-state index in [0.717, 1.165) is 24.3 Å². The van der Waals surface area contributed by atoms with Gasteiger partial charge in [0.25, 0.3) is 0 Å². The Hall–Kier alpha value is -0.820. The number of hydrogen-bond donors (Lipinski definition) is 1. The minimum Gasteiger partial charge on any atom is -0.314 e. The standard InChI is InChI=1S/C20H31N/c1-4-15-5-7-16(8-6-15)19-13-20(2,3)12-11-17(19)14-21-18-9-10-18/h5-8,17-19,21H,4,9-14H2,1-3H3. The van der Waals surface area contributed by atoms with Crippen LogP contribution in [-0.2, 0) is 6.42 Å². The lowest BCUT2D eigenvalue weighted by molar-refractivity contribution is 0.159. The molecule has 1 aromatic carbocycles. The van der Waals surface area contributed by atoms with E-state index in [1.54, 1.807) is 5.56 Å². The van der Waals surface area contributed by atoms with E-state index in [-0.39, 0.29) is 0 Å². The van der Waals surface area contributed by atoms with Gasteiger partial charge < -0.3 is 5.32 Å². The van der Waals surface area contributed by atoms with Gasteiger partial charge in [-0.1, -0.05) is 45.0 Å². The third-order valence-electron chi connectivity index (χ3n) is 5.60. The maximum atomic E-state index is 3.78. The molecule has 1 N–H and O–H groups in total. The van der Waals surface area contributed by atoms with Crippen LogP contribution in [0.15, 0.2) is 24.3 Å². The molecule has 2 saturated carbocycles. The molecule has 116 valence electrons. The Morgan fingerprint density at radius 2 is 1.81 bits per heavy atom. The first-order chi connectivity index (χ1) is 10.1. The van der Waals surface area contributed by atoms with Crippen molar-refractivity contribution in [3.8, 4) is 0 Å². The Morgan fingerprint density at radius 3 is 2.43 bits per heavy atom. The van der Waals surface area contributed by atoms with Gasteiger partial charge >= 0.3 is 0 Å². The van der Waals surface area contributed by atoms with E-state index in [9.17, 15) is 0 Å². The minimum atomic E-state index is 0.504. The maximum Gasteiger partial charge on any atom is 0.00683 e. The lowest BCUT2D eigenvalue weighted by Crippen LogP contribution is -2.35. The van der Waals surface area contributed by atoms with E-state index in [1.807, 2.05) is 0 Å². The first-order valence-electron chi connectivity index (χ1n) is 8.89. The highest BCUT2D eigenvalue weighted by molar-refractivity contribution is 5.27. The lowest BCUT2D eigenvalue weighted by Gasteiger charge is -2.41. The first-order valence-corrected chi connectivity index (χ1v) is 8.89. The fourth-order valence-corrected chi connectivity index (χ4v) is 3.88. The molecule has 2 aliphatic rings. The quantitative estimate of drug-likeness (QED) is 0.810. The summed E-state index contributed by atoms with van der Waals surface area (Å²) in [5, 5.41) is 3.78. The molecule has 0 saturated heterocycles. The first kappa shape index (κ1) is 15.1. The molecule has 0 heterocycles. The predicted octanol–water partition coefficient (Wildman–Crippen LogP) is 4.91. The summed E-state index contributed by atoms with van der Waals surface area (Å²) in [5.74, 6) is 1.57. The molecule has 1 heteroatoms. The van der Waals surface area contributed by atoms with Crippen LogP contribution in [0, 0.1) is 11.3 Å². The van der Waals surface area contributed by atoms with Crippen molar-refractivity contribution in [1.82, 2.24) is 5.32 Å². The Kier molecular flexibility index (Phi) is 4.40. The van der Waals surface area contributed by atoms with Gasteiger partial charge in [-0.3, -0.25) is 0 Å². The SMILES string of the molecule is CCc1ccc(C2CC(C)(C)CCC2CNC2CC2)cc1. The molecule has 2 aliphatic carbocycles. The highest BCUT2D eigenvalue weighted by Gasteiger charge is 2.36. The Labute approximate surface area is 130 Å². The van der Waals surface area contributed by atoms with Crippen molar-refractivity contribution in [1.29, 1.82) is 0 Å². The van der Waals surface area contributed by atoms with Gasteiger partial charge in [-0.25, -0.2) is 0 Å². The summed E-state index contributed by atoms with van der Waals surface area (Å²) in [6.07, 6.45) is 8.04. The number of aryl methyl sites for hydroxylation is 1. The molecule has 0 radical (unpaired) electrons. The summed E-state index contributed by atoms with van der Waals surface area (Å²) < 4.78 is 0. The van der Waals surface area contributed by atoms with E-state index < -0.39 is 0 Å². The Balaban J connectivity index is 1.73. The van der Waals surface area contributed by atoms with Crippen LogP contribution in [0.4, 0.5) is 0 Å². The number of hydrogen-bond acceptors (Lipinski definition) is 1. The fourth-order valence-electron chi connectivity index (χ4n) is 3.88. The Morgan fingerprint density at radius 1 is 1.10 bits per heavy atom. The zero-order valence-electron chi connectivity index (χ0n) is 14.0. The van der Waals surface area contributed by atoms with Crippen LogP contribution in [0.1, 0.15) is 69.9 Å². The summed E-state index contributed by atoms with van der Waals surface area (Å²) in [4.78, 5) is 0. The van der Waals surface area contributed by atoms with Crippen molar-refractivity contribution in [3.63, 3.8) is 0 Å². The largest absolute Gasteiger partial charge is 0.314 e. The van der Waals surface area contributed by atoms with Gasteiger partial charge in [-0.15, -0.1) is 0 Å². The van der Waals surface area contributed by atoms with Crippen LogP contribution < -0.4 is 5.32 Å². The summed E-state index contributed by atoms with van der Waals surface area (Å²) in [7, 11) is 0. The molecule has 2 unspecified atom stereocenters. The average molecular weight is 285 g/mol. The number of benzene rings is 1. The van der Waals surface area contributed by atoms with Crippen LogP contribution in [0.3, 0.4) is 0 Å². The van der Waals surface area contributed by atoms with Crippen molar-refractivity contribution in [2.75, 3.05) is 6.54 Å². The van der Waals surface area contributed by atoms with Crippen LogP contribution in [0.5, 0.6) is 0 Å². The second-order valence-corrected chi connectivity index (χ2v) is 8.05. The van der Waals surface area contributed by atoms with E-state index in [4.69, 9.17) is 0 Å². The third-order valence-corrected chi connectivity index (χ3v) is 5.60. The summed E-state index contributed by atoms with van der Waals surface area (Å²) in [6, 6.07) is 10.3. The molecule has 1 nitrogen and oxygen atoms in total. The molecular weight excluding hydrogens is 254 g/mol. The second-order valence-electron chi connectivity index (χ2n) is 8.05. The molecule has 0 bridgehead atoms. The van der Waals surface area contributed by atoms with Gasteiger partial charge in [0.15, 0.2) is 0 Å². The highest BCUT2D eigenvalue weighted by Crippen LogP contribution is 2.46. The van der Waals surface area contributed by atoms with E-state index in [1.165, 1.54) is 44.2 Å². The molecule has 1 aromatic rings. The topological polar surface area (TPSA) is 12.0 Å². The lowest BCUT2D eigenvalue weighted by atomic mass is 9.65. The molecule has 0 spiro atoms. The van der Waals surface area contributed by atoms with E-state index >= 15 is 0 Å². The molecule has 2 fully saturated rings. The van der Waals surface area contributed by atoms with Crippen LogP contribution >= 0.6 is 0 Å².